The summed E-state index contributed by atoms with van der Waals surface area (Å²) in [5.74, 6) is 0.183. The smallest absolute Gasteiger partial charge is 0.246 e. The normalized spacial score (nSPS) is 24.4. The Kier molecular flexibility index (Phi) is 5.05. The number of hydrogen-bond acceptors (Lipinski definition) is 4. The Morgan fingerprint density at radius 2 is 1.93 bits per heavy atom. The summed E-state index contributed by atoms with van der Waals surface area (Å²) in [6.45, 7) is 1.06. The Bertz CT molecular complexity index is 853. The van der Waals surface area contributed by atoms with Gasteiger partial charge in [0.25, 0.3) is 0 Å². The topological polar surface area (TPSA) is 78.9 Å². The summed E-state index contributed by atoms with van der Waals surface area (Å²) >= 11 is 0. The van der Waals surface area contributed by atoms with Gasteiger partial charge in [0.1, 0.15) is 18.5 Å². The highest BCUT2D eigenvalue weighted by atomic mass is 16.5. The zero-order chi connectivity index (χ0) is 19.6. The lowest BCUT2D eigenvalue weighted by molar-refractivity contribution is -0.157. The summed E-state index contributed by atoms with van der Waals surface area (Å²) in [6, 6.07) is 16.8. The van der Waals surface area contributed by atoms with Gasteiger partial charge in [0.05, 0.1) is 5.54 Å². The first kappa shape index (κ1) is 18.5. The number of aromatic hydroxyl groups is 1. The van der Waals surface area contributed by atoms with Crippen LogP contribution in [0.1, 0.15) is 24.0 Å². The molecule has 28 heavy (non-hydrogen) atoms. The van der Waals surface area contributed by atoms with Gasteiger partial charge in [-0.15, -0.1) is 0 Å². The van der Waals surface area contributed by atoms with E-state index >= 15 is 0 Å². The molecule has 2 heterocycles. The van der Waals surface area contributed by atoms with Crippen molar-refractivity contribution in [2.24, 2.45) is 0 Å². The predicted molar refractivity (Wildman–Crippen MR) is 104 cm³/mol. The molecule has 0 spiro atoms. The van der Waals surface area contributed by atoms with Gasteiger partial charge in [0.15, 0.2) is 0 Å². The molecule has 2 saturated heterocycles. The number of likely N-dealkylation sites (tertiary alicyclic amines) is 1. The van der Waals surface area contributed by atoms with Gasteiger partial charge in [-0.3, -0.25) is 9.59 Å². The maximum atomic E-state index is 12.8. The number of amides is 2. The van der Waals surface area contributed by atoms with Gasteiger partial charge in [-0.2, -0.15) is 0 Å². The number of nitrogens with zero attached hydrogens (tertiary/aromatic N) is 1. The highest BCUT2D eigenvalue weighted by Crippen LogP contribution is 2.37. The molecule has 0 bridgehead atoms. The standard InChI is InChI=1S/C22H24N2O4/c25-18-9-6-16(7-10-18)8-11-21(27)24-13-12-22(17-4-2-1-3-5-17)19(14-24)28-15-20(26)23-22/h1-7,9-10,19,25H,8,11-15H2,(H,23,26)/t19-,22+/m1/s1. The zero-order valence-corrected chi connectivity index (χ0v) is 15.6. The van der Waals surface area contributed by atoms with E-state index in [4.69, 9.17) is 4.74 Å². The van der Waals surface area contributed by atoms with Crippen LogP contribution >= 0.6 is 0 Å². The molecule has 2 aliphatic rings. The van der Waals surface area contributed by atoms with Crippen molar-refractivity contribution in [1.82, 2.24) is 10.2 Å². The fourth-order valence-electron chi connectivity index (χ4n) is 4.16. The molecule has 2 amide bonds. The maximum absolute atomic E-state index is 12.8. The minimum atomic E-state index is -0.579. The maximum Gasteiger partial charge on any atom is 0.246 e. The lowest BCUT2D eigenvalue weighted by atomic mass is 9.77. The SMILES string of the molecule is O=C1CO[C@@H]2CN(C(=O)CCc3ccc(O)cc3)CC[C@@]2(c2ccccc2)N1. The number of rotatable bonds is 4. The van der Waals surface area contributed by atoms with E-state index in [2.05, 4.69) is 5.32 Å². The van der Waals surface area contributed by atoms with E-state index in [1.807, 2.05) is 47.4 Å². The fraction of sp³-hybridized carbons (Fsp3) is 0.364. The summed E-state index contributed by atoms with van der Waals surface area (Å²) in [5, 5.41) is 12.5. The number of phenols is 1. The average molecular weight is 380 g/mol. The first-order valence-corrected chi connectivity index (χ1v) is 9.61. The fourth-order valence-corrected chi connectivity index (χ4v) is 4.16. The third-order valence-electron chi connectivity index (χ3n) is 5.70. The summed E-state index contributed by atoms with van der Waals surface area (Å²) in [5.41, 5.74) is 1.46. The van der Waals surface area contributed by atoms with Crippen LogP contribution in [-0.4, -0.2) is 47.6 Å². The third-order valence-corrected chi connectivity index (χ3v) is 5.70. The van der Waals surface area contributed by atoms with Gasteiger partial charge in [0.2, 0.25) is 11.8 Å². The van der Waals surface area contributed by atoms with Crippen LogP contribution < -0.4 is 5.32 Å². The number of fused-ring (bicyclic) bond motifs is 1. The number of aryl methyl sites for hydroxylation is 1. The Morgan fingerprint density at radius 3 is 2.68 bits per heavy atom. The van der Waals surface area contributed by atoms with Crippen LogP contribution in [0.3, 0.4) is 0 Å². The number of benzene rings is 2. The highest BCUT2D eigenvalue weighted by Gasteiger charge is 2.49. The van der Waals surface area contributed by atoms with Gasteiger partial charge < -0.3 is 20.1 Å². The van der Waals surface area contributed by atoms with E-state index in [-0.39, 0.29) is 30.3 Å². The van der Waals surface area contributed by atoms with Crippen molar-refractivity contribution in [3.05, 3.63) is 65.7 Å². The summed E-state index contributed by atoms with van der Waals surface area (Å²) < 4.78 is 5.87. The van der Waals surface area contributed by atoms with Crippen LogP contribution in [0.15, 0.2) is 54.6 Å². The molecule has 2 fully saturated rings. The monoisotopic (exact) mass is 380 g/mol. The lowest BCUT2D eigenvalue weighted by Gasteiger charge is -2.50. The zero-order valence-electron chi connectivity index (χ0n) is 15.6. The van der Waals surface area contributed by atoms with Gasteiger partial charge >= 0.3 is 0 Å². The second-order valence-corrected chi connectivity index (χ2v) is 7.44. The Morgan fingerprint density at radius 1 is 1.18 bits per heavy atom. The van der Waals surface area contributed by atoms with Gasteiger partial charge in [-0.05, 0) is 36.1 Å². The third kappa shape index (κ3) is 3.60. The van der Waals surface area contributed by atoms with Crippen molar-refractivity contribution in [3.8, 4) is 5.75 Å². The molecule has 2 aromatic carbocycles. The van der Waals surface area contributed by atoms with Crippen molar-refractivity contribution in [1.29, 1.82) is 0 Å². The number of nitrogens with one attached hydrogen (secondary N) is 1. The molecular formula is C22H24N2O4. The number of phenolic OH excluding ortho intramolecular Hbond substituents is 1. The van der Waals surface area contributed by atoms with Gasteiger partial charge in [0, 0.05) is 19.5 Å². The van der Waals surface area contributed by atoms with E-state index in [9.17, 15) is 14.7 Å². The van der Waals surface area contributed by atoms with Crippen LogP contribution in [0.5, 0.6) is 5.75 Å². The van der Waals surface area contributed by atoms with Crippen LogP contribution in [0, 0.1) is 0 Å². The van der Waals surface area contributed by atoms with Crippen molar-refractivity contribution < 1.29 is 19.4 Å². The number of piperidine rings is 1. The summed E-state index contributed by atoms with van der Waals surface area (Å²) in [7, 11) is 0. The van der Waals surface area contributed by atoms with E-state index in [0.29, 0.717) is 32.4 Å². The number of hydrogen-bond donors (Lipinski definition) is 2. The molecule has 2 aromatic rings. The summed E-state index contributed by atoms with van der Waals surface area (Å²) in [6.07, 6.45) is 1.39. The second-order valence-electron chi connectivity index (χ2n) is 7.44. The minimum Gasteiger partial charge on any atom is -0.508 e. The number of carbonyl (C=O) groups excluding carboxylic acids is 2. The highest BCUT2D eigenvalue weighted by molar-refractivity contribution is 5.80. The molecule has 0 saturated carbocycles. The molecule has 0 aromatic heterocycles. The first-order chi connectivity index (χ1) is 13.6. The molecular weight excluding hydrogens is 356 g/mol. The van der Waals surface area contributed by atoms with Crippen molar-refractivity contribution in [3.63, 3.8) is 0 Å². The van der Waals surface area contributed by atoms with E-state index in [0.717, 1.165) is 11.1 Å². The largest absolute Gasteiger partial charge is 0.508 e. The van der Waals surface area contributed by atoms with Crippen molar-refractivity contribution in [2.45, 2.75) is 30.9 Å². The van der Waals surface area contributed by atoms with Gasteiger partial charge in [-0.25, -0.2) is 0 Å². The average Bonchev–Trinajstić information content (AvgIpc) is 2.73. The quantitative estimate of drug-likeness (QED) is 0.850. The molecule has 0 unspecified atom stereocenters. The van der Waals surface area contributed by atoms with Crippen LogP contribution in [0.4, 0.5) is 0 Å². The molecule has 4 rings (SSSR count). The van der Waals surface area contributed by atoms with Crippen LogP contribution in [-0.2, 0) is 26.3 Å². The van der Waals surface area contributed by atoms with E-state index in [1.54, 1.807) is 12.1 Å². The van der Waals surface area contributed by atoms with Crippen LogP contribution in [0.25, 0.3) is 0 Å². The molecule has 2 atom stereocenters. The Hall–Kier alpha value is -2.86. The first-order valence-electron chi connectivity index (χ1n) is 9.61. The molecule has 0 radical (unpaired) electrons. The molecule has 146 valence electrons. The number of ether oxygens (including phenoxy) is 1. The van der Waals surface area contributed by atoms with E-state index < -0.39 is 5.54 Å². The lowest BCUT2D eigenvalue weighted by Crippen LogP contribution is -2.67. The molecule has 6 heteroatoms. The molecule has 0 aliphatic carbocycles. The molecule has 6 nitrogen and oxygen atoms in total. The summed E-state index contributed by atoms with van der Waals surface area (Å²) in [4.78, 5) is 26.6. The Labute approximate surface area is 164 Å². The molecule has 2 N–H and O–H groups in total. The second kappa shape index (κ2) is 7.64. The van der Waals surface area contributed by atoms with E-state index in [1.165, 1.54) is 0 Å². The number of morpholine rings is 1. The van der Waals surface area contributed by atoms with Crippen molar-refractivity contribution >= 4 is 11.8 Å². The predicted octanol–water partition coefficient (Wildman–Crippen LogP) is 1.97. The molecule has 2 aliphatic heterocycles. The minimum absolute atomic E-state index is 0.0226. The van der Waals surface area contributed by atoms with Crippen LogP contribution in [0.2, 0.25) is 0 Å². The number of carbonyl (C=O) groups is 2. The Balaban J connectivity index is 1.45. The van der Waals surface area contributed by atoms with Gasteiger partial charge in [-0.1, -0.05) is 42.5 Å². The van der Waals surface area contributed by atoms with Crippen molar-refractivity contribution in [2.75, 3.05) is 19.7 Å².